The van der Waals surface area contributed by atoms with Gasteiger partial charge in [-0.15, -0.1) is 0 Å². The van der Waals surface area contributed by atoms with Crippen LogP contribution >= 0.6 is 27.5 Å². The fourth-order valence-electron chi connectivity index (χ4n) is 0.890. The molecule has 0 fully saturated rings. The van der Waals surface area contributed by atoms with E-state index in [4.69, 9.17) is 17.3 Å². The lowest BCUT2D eigenvalue weighted by atomic mass is 10.2. The van der Waals surface area contributed by atoms with Crippen LogP contribution in [0.15, 0.2) is 16.6 Å². The van der Waals surface area contributed by atoms with E-state index in [9.17, 15) is 4.79 Å². The molecule has 0 aliphatic rings. The van der Waals surface area contributed by atoms with Crippen molar-refractivity contribution in [3.8, 4) is 0 Å². The molecule has 0 spiro atoms. The Morgan fingerprint density at radius 3 is 2.69 bits per heavy atom. The zero-order valence-electron chi connectivity index (χ0n) is 6.80. The summed E-state index contributed by atoms with van der Waals surface area (Å²) in [5, 5.41) is 0.277. The van der Waals surface area contributed by atoms with Gasteiger partial charge in [-0.25, -0.2) is 4.79 Å². The number of anilines is 1. The Labute approximate surface area is 88.9 Å². The average molecular weight is 265 g/mol. The number of hydrogen-bond acceptors (Lipinski definition) is 3. The molecule has 1 rings (SSSR count). The topological polar surface area (TPSA) is 52.3 Å². The van der Waals surface area contributed by atoms with Crippen LogP contribution in [0.2, 0.25) is 5.02 Å². The van der Waals surface area contributed by atoms with E-state index in [1.807, 2.05) is 0 Å². The molecule has 0 saturated heterocycles. The minimum absolute atomic E-state index is 0.277. The number of carbonyl (C=O) groups is 1. The molecule has 1 aromatic rings. The highest BCUT2D eigenvalue weighted by Crippen LogP contribution is 2.28. The quantitative estimate of drug-likeness (QED) is 0.626. The molecule has 0 aromatic heterocycles. The van der Waals surface area contributed by atoms with E-state index in [2.05, 4.69) is 20.7 Å². The van der Waals surface area contributed by atoms with E-state index < -0.39 is 5.97 Å². The Morgan fingerprint density at radius 2 is 2.23 bits per heavy atom. The first-order chi connectivity index (χ1) is 6.06. The Hall–Kier alpha value is -0.740. The van der Waals surface area contributed by atoms with Crippen molar-refractivity contribution in [2.24, 2.45) is 0 Å². The second-order valence-corrected chi connectivity index (χ2v) is 3.61. The molecule has 5 heteroatoms. The minimum atomic E-state index is -0.489. The van der Waals surface area contributed by atoms with Crippen LogP contribution < -0.4 is 5.73 Å². The van der Waals surface area contributed by atoms with Crippen LogP contribution in [0.5, 0.6) is 0 Å². The molecule has 13 heavy (non-hydrogen) atoms. The molecule has 0 unspecified atom stereocenters. The maximum absolute atomic E-state index is 11.2. The summed E-state index contributed by atoms with van der Waals surface area (Å²) in [5.74, 6) is -0.489. The van der Waals surface area contributed by atoms with Gasteiger partial charge >= 0.3 is 5.97 Å². The van der Waals surface area contributed by atoms with Crippen LogP contribution in [0.3, 0.4) is 0 Å². The Morgan fingerprint density at radius 1 is 1.62 bits per heavy atom. The van der Waals surface area contributed by atoms with E-state index in [0.717, 1.165) is 0 Å². The maximum atomic E-state index is 11.2. The van der Waals surface area contributed by atoms with Gasteiger partial charge in [-0.2, -0.15) is 0 Å². The van der Waals surface area contributed by atoms with Crippen molar-refractivity contribution in [1.29, 1.82) is 0 Å². The minimum Gasteiger partial charge on any atom is -0.465 e. The number of carbonyl (C=O) groups excluding carboxylic acids is 1. The van der Waals surface area contributed by atoms with E-state index in [-0.39, 0.29) is 5.02 Å². The molecule has 0 heterocycles. The highest BCUT2D eigenvalue weighted by Gasteiger charge is 2.15. The lowest BCUT2D eigenvalue weighted by Crippen LogP contribution is -2.04. The van der Waals surface area contributed by atoms with Gasteiger partial charge in [0.1, 0.15) is 0 Å². The smallest absolute Gasteiger partial charge is 0.340 e. The third-order valence-corrected chi connectivity index (χ3v) is 2.38. The zero-order valence-corrected chi connectivity index (χ0v) is 9.15. The van der Waals surface area contributed by atoms with Gasteiger partial charge in [0.05, 0.1) is 17.7 Å². The van der Waals surface area contributed by atoms with Crippen molar-refractivity contribution in [3.05, 3.63) is 27.2 Å². The van der Waals surface area contributed by atoms with E-state index in [1.54, 1.807) is 6.07 Å². The highest BCUT2D eigenvalue weighted by molar-refractivity contribution is 9.10. The molecule has 0 radical (unpaired) electrons. The van der Waals surface area contributed by atoms with Crippen molar-refractivity contribution in [3.63, 3.8) is 0 Å². The van der Waals surface area contributed by atoms with Crippen molar-refractivity contribution in [1.82, 2.24) is 0 Å². The summed E-state index contributed by atoms with van der Waals surface area (Å²) in [6, 6.07) is 3.09. The van der Waals surface area contributed by atoms with Gasteiger partial charge in [-0.1, -0.05) is 11.6 Å². The van der Waals surface area contributed by atoms with Gasteiger partial charge in [-0.05, 0) is 28.1 Å². The summed E-state index contributed by atoms with van der Waals surface area (Å²) >= 11 is 8.97. The van der Waals surface area contributed by atoms with Crippen LogP contribution in [0.4, 0.5) is 5.69 Å². The number of benzene rings is 1. The molecule has 0 amide bonds. The van der Waals surface area contributed by atoms with Gasteiger partial charge in [-0.3, -0.25) is 0 Å². The summed E-state index contributed by atoms with van der Waals surface area (Å²) < 4.78 is 5.08. The van der Waals surface area contributed by atoms with Crippen LogP contribution in [0.1, 0.15) is 10.4 Å². The van der Waals surface area contributed by atoms with E-state index >= 15 is 0 Å². The van der Waals surface area contributed by atoms with Crippen molar-refractivity contribution in [2.45, 2.75) is 0 Å². The highest BCUT2D eigenvalue weighted by atomic mass is 79.9. The number of methoxy groups -OCH3 is 1. The predicted octanol–water partition coefficient (Wildman–Crippen LogP) is 2.47. The molecule has 2 N–H and O–H groups in total. The lowest BCUT2D eigenvalue weighted by Gasteiger charge is -2.05. The summed E-state index contributed by atoms with van der Waals surface area (Å²) in [5.41, 5.74) is 6.28. The average Bonchev–Trinajstić information content (AvgIpc) is 2.02. The monoisotopic (exact) mass is 263 g/mol. The standard InChI is InChI=1S/C8H7BrClNO2/c1-13-8(12)7-5(9)2-4(11)3-6(7)10/h2-3H,11H2,1H3. The van der Waals surface area contributed by atoms with Crippen LogP contribution in [0.25, 0.3) is 0 Å². The Balaban J connectivity index is 3.28. The van der Waals surface area contributed by atoms with Crippen molar-refractivity contribution >= 4 is 39.2 Å². The Kier molecular flexibility index (Phi) is 3.17. The molecule has 0 bridgehead atoms. The number of nitrogens with two attached hydrogens (primary N) is 1. The Bertz CT molecular complexity index is 331. The van der Waals surface area contributed by atoms with Gasteiger partial charge < -0.3 is 10.5 Å². The van der Waals surface area contributed by atoms with Gasteiger partial charge in [0.15, 0.2) is 0 Å². The second-order valence-electron chi connectivity index (χ2n) is 2.35. The van der Waals surface area contributed by atoms with E-state index in [0.29, 0.717) is 15.7 Å². The predicted molar refractivity (Wildman–Crippen MR) is 54.9 cm³/mol. The molecule has 70 valence electrons. The summed E-state index contributed by atoms with van der Waals surface area (Å²) in [6.07, 6.45) is 0. The summed E-state index contributed by atoms with van der Waals surface area (Å²) in [6.45, 7) is 0. The second kappa shape index (κ2) is 3.98. The number of esters is 1. The molecule has 0 atom stereocenters. The fourth-order valence-corrected chi connectivity index (χ4v) is 1.95. The van der Waals surface area contributed by atoms with Gasteiger partial charge in [0, 0.05) is 10.2 Å². The first-order valence-electron chi connectivity index (χ1n) is 3.39. The molecule has 0 aliphatic heterocycles. The van der Waals surface area contributed by atoms with Crippen LogP contribution in [-0.2, 0) is 4.74 Å². The third-order valence-electron chi connectivity index (χ3n) is 1.45. The molecule has 0 saturated carbocycles. The van der Waals surface area contributed by atoms with E-state index in [1.165, 1.54) is 13.2 Å². The number of rotatable bonds is 1. The van der Waals surface area contributed by atoms with Gasteiger partial charge in [0.25, 0.3) is 0 Å². The molecule has 0 aliphatic carbocycles. The van der Waals surface area contributed by atoms with Gasteiger partial charge in [0.2, 0.25) is 0 Å². The molecular formula is C8H7BrClNO2. The van der Waals surface area contributed by atoms with Crippen LogP contribution in [-0.4, -0.2) is 13.1 Å². The normalized spacial score (nSPS) is 9.77. The third kappa shape index (κ3) is 2.14. The van der Waals surface area contributed by atoms with Crippen LogP contribution in [0, 0.1) is 0 Å². The fraction of sp³-hybridized carbons (Fsp3) is 0.125. The molecule has 3 nitrogen and oxygen atoms in total. The maximum Gasteiger partial charge on any atom is 0.340 e. The SMILES string of the molecule is COC(=O)c1c(Cl)cc(N)cc1Br. The summed E-state index contributed by atoms with van der Waals surface area (Å²) in [4.78, 5) is 11.2. The van der Waals surface area contributed by atoms with Crippen molar-refractivity contribution in [2.75, 3.05) is 12.8 Å². The van der Waals surface area contributed by atoms with Crippen molar-refractivity contribution < 1.29 is 9.53 Å². The number of nitrogen functional groups attached to an aromatic ring is 1. The molecular weight excluding hydrogens is 257 g/mol. The largest absolute Gasteiger partial charge is 0.465 e. The zero-order chi connectivity index (χ0) is 10.0. The summed E-state index contributed by atoms with van der Waals surface area (Å²) in [7, 11) is 1.29. The lowest BCUT2D eigenvalue weighted by molar-refractivity contribution is 0.0600. The number of hydrogen-bond donors (Lipinski definition) is 1. The number of ether oxygens (including phenoxy) is 1. The molecule has 1 aromatic carbocycles. The first-order valence-corrected chi connectivity index (χ1v) is 4.56. The number of halogens is 2. The first kappa shape index (κ1) is 10.3.